The molecular formula is C32H47N3O3S. The van der Waals surface area contributed by atoms with Crippen LogP contribution in [-0.4, -0.2) is 36.8 Å². The fourth-order valence-corrected chi connectivity index (χ4v) is 7.41. The highest BCUT2D eigenvalue weighted by Crippen LogP contribution is 2.32. The van der Waals surface area contributed by atoms with Gasteiger partial charge in [0.25, 0.3) is 0 Å². The van der Waals surface area contributed by atoms with Crippen LogP contribution >= 0.6 is 0 Å². The number of hydrogen-bond acceptors (Lipinski definition) is 4. The first-order chi connectivity index (χ1) is 18.2. The van der Waals surface area contributed by atoms with Gasteiger partial charge in [0.15, 0.2) is 0 Å². The number of hydrogen-bond donors (Lipinski definition) is 2. The van der Waals surface area contributed by atoms with Crippen molar-refractivity contribution in [2.45, 2.75) is 121 Å². The van der Waals surface area contributed by atoms with Crippen LogP contribution in [0.5, 0.6) is 0 Å². The Bertz CT molecular complexity index is 1260. The van der Waals surface area contributed by atoms with Crippen LogP contribution in [0.4, 0.5) is 0 Å². The standard InChI is InChI=1S/C32H47N3O3S/c1-31(2,3)25-14-16-27(17-15-25)39(37,38)35-19-8-7-11-26(35)21-30(36)34-29-12-9-10-24-20-23(13-18-28(24)29)22-33-32(4,5)6/h13-18,20,26,29,33H,7-12,19,21-22H2,1-6H3,(H,34,36). The van der Waals surface area contributed by atoms with Gasteiger partial charge in [0.05, 0.1) is 10.9 Å². The summed E-state index contributed by atoms with van der Waals surface area (Å²) in [7, 11) is -3.67. The number of sulfonamides is 1. The highest BCUT2D eigenvalue weighted by molar-refractivity contribution is 7.89. The average molecular weight is 554 g/mol. The molecule has 214 valence electrons. The molecule has 1 fully saturated rings. The zero-order valence-electron chi connectivity index (χ0n) is 24.6. The van der Waals surface area contributed by atoms with Crippen LogP contribution in [0.2, 0.25) is 0 Å². The van der Waals surface area contributed by atoms with Gasteiger partial charge in [-0.25, -0.2) is 8.42 Å². The summed E-state index contributed by atoms with van der Waals surface area (Å²) in [4.78, 5) is 13.6. The van der Waals surface area contributed by atoms with E-state index in [2.05, 4.69) is 70.4 Å². The zero-order valence-corrected chi connectivity index (χ0v) is 25.5. The number of fused-ring (bicyclic) bond motifs is 1. The van der Waals surface area contributed by atoms with E-state index in [0.717, 1.165) is 44.2 Å². The van der Waals surface area contributed by atoms with Crippen molar-refractivity contribution in [1.82, 2.24) is 14.9 Å². The van der Waals surface area contributed by atoms with E-state index in [1.165, 1.54) is 16.7 Å². The SMILES string of the molecule is CC(C)(C)NCc1ccc2c(c1)CCCC2NC(=O)CC1CCCCN1S(=O)(=O)c1ccc(C(C)(C)C)cc1. The molecule has 39 heavy (non-hydrogen) atoms. The summed E-state index contributed by atoms with van der Waals surface area (Å²) in [6, 6.07) is 13.5. The van der Waals surface area contributed by atoms with Gasteiger partial charge in [0, 0.05) is 31.1 Å². The molecule has 0 aromatic heterocycles. The topological polar surface area (TPSA) is 78.5 Å². The first kappa shape index (κ1) is 29.8. The van der Waals surface area contributed by atoms with E-state index in [4.69, 9.17) is 0 Å². The van der Waals surface area contributed by atoms with Crippen molar-refractivity contribution >= 4 is 15.9 Å². The lowest BCUT2D eigenvalue weighted by molar-refractivity contribution is -0.123. The molecule has 1 saturated heterocycles. The Labute approximate surface area is 236 Å². The fourth-order valence-electron chi connectivity index (χ4n) is 5.72. The van der Waals surface area contributed by atoms with Gasteiger partial charge < -0.3 is 10.6 Å². The molecular weight excluding hydrogens is 506 g/mol. The molecule has 6 nitrogen and oxygen atoms in total. The number of carbonyl (C=O) groups is 1. The summed E-state index contributed by atoms with van der Waals surface area (Å²) >= 11 is 0. The molecule has 0 bridgehead atoms. The van der Waals surface area contributed by atoms with Crippen molar-refractivity contribution < 1.29 is 13.2 Å². The second-order valence-electron chi connectivity index (χ2n) is 13.4. The Morgan fingerprint density at radius 1 is 0.949 bits per heavy atom. The maximum Gasteiger partial charge on any atom is 0.243 e. The largest absolute Gasteiger partial charge is 0.349 e. The van der Waals surface area contributed by atoms with E-state index < -0.39 is 10.0 Å². The molecule has 0 radical (unpaired) electrons. The first-order valence-electron chi connectivity index (χ1n) is 14.5. The van der Waals surface area contributed by atoms with E-state index in [9.17, 15) is 13.2 Å². The molecule has 2 aromatic rings. The second-order valence-corrected chi connectivity index (χ2v) is 15.3. The Balaban J connectivity index is 1.44. The van der Waals surface area contributed by atoms with E-state index in [-0.39, 0.29) is 35.4 Å². The zero-order chi connectivity index (χ0) is 28.4. The maximum atomic E-state index is 13.6. The van der Waals surface area contributed by atoms with Crippen LogP contribution in [0.15, 0.2) is 47.4 Å². The highest BCUT2D eigenvalue weighted by atomic mass is 32.2. The lowest BCUT2D eigenvalue weighted by Crippen LogP contribution is -2.46. The molecule has 2 aliphatic rings. The molecule has 0 saturated carbocycles. The molecule has 1 amide bonds. The smallest absolute Gasteiger partial charge is 0.243 e. The Kier molecular flexibility index (Phi) is 8.94. The summed E-state index contributed by atoms with van der Waals surface area (Å²) in [5.41, 5.74) is 4.87. The van der Waals surface area contributed by atoms with Crippen LogP contribution in [0.1, 0.15) is 108 Å². The predicted octanol–water partition coefficient (Wildman–Crippen LogP) is 6.00. The number of benzene rings is 2. The molecule has 2 unspecified atom stereocenters. The quantitative estimate of drug-likeness (QED) is 0.441. The Morgan fingerprint density at radius 3 is 2.33 bits per heavy atom. The van der Waals surface area contributed by atoms with Crippen molar-refractivity contribution in [3.63, 3.8) is 0 Å². The van der Waals surface area contributed by atoms with Crippen molar-refractivity contribution in [3.8, 4) is 0 Å². The molecule has 2 N–H and O–H groups in total. The Morgan fingerprint density at radius 2 is 1.67 bits per heavy atom. The normalized spacial score (nSPS) is 20.9. The van der Waals surface area contributed by atoms with E-state index in [1.54, 1.807) is 16.4 Å². The highest BCUT2D eigenvalue weighted by Gasteiger charge is 2.35. The van der Waals surface area contributed by atoms with Crippen LogP contribution < -0.4 is 10.6 Å². The summed E-state index contributed by atoms with van der Waals surface area (Å²) < 4.78 is 28.8. The van der Waals surface area contributed by atoms with Crippen LogP contribution in [0.25, 0.3) is 0 Å². The summed E-state index contributed by atoms with van der Waals surface area (Å²) in [5, 5.41) is 6.81. The second kappa shape index (κ2) is 11.7. The van der Waals surface area contributed by atoms with Crippen molar-refractivity contribution in [2.75, 3.05) is 6.54 Å². The van der Waals surface area contributed by atoms with Crippen molar-refractivity contribution in [3.05, 3.63) is 64.7 Å². The molecule has 7 heteroatoms. The minimum absolute atomic E-state index is 0.0236. The van der Waals surface area contributed by atoms with Gasteiger partial charge in [-0.3, -0.25) is 4.79 Å². The van der Waals surface area contributed by atoms with Gasteiger partial charge in [0.2, 0.25) is 15.9 Å². The number of nitrogens with zero attached hydrogens (tertiary/aromatic N) is 1. The minimum atomic E-state index is -3.67. The third-order valence-electron chi connectivity index (χ3n) is 8.00. The third-order valence-corrected chi connectivity index (χ3v) is 9.97. The van der Waals surface area contributed by atoms with Crippen molar-refractivity contribution in [1.29, 1.82) is 0 Å². The van der Waals surface area contributed by atoms with Gasteiger partial charge in [-0.05, 0) is 92.7 Å². The van der Waals surface area contributed by atoms with Gasteiger partial charge in [0.1, 0.15) is 0 Å². The number of amides is 1. The summed E-state index contributed by atoms with van der Waals surface area (Å²) in [6.45, 7) is 14.1. The number of aryl methyl sites for hydroxylation is 1. The third kappa shape index (κ3) is 7.50. The molecule has 2 aromatic carbocycles. The van der Waals surface area contributed by atoms with E-state index >= 15 is 0 Å². The molecule has 2 atom stereocenters. The monoisotopic (exact) mass is 553 g/mol. The lowest BCUT2D eigenvalue weighted by Gasteiger charge is -2.35. The summed E-state index contributed by atoms with van der Waals surface area (Å²) in [6.07, 6.45) is 5.61. The van der Waals surface area contributed by atoms with Crippen molar-refractivity contribution in [2.24, 2.45) is 0 Å². The molecule has 1 heterocycles. The van der Waals surface area contributed by atoms with E-state index in [1.807, 2.05) is 12.1 Å². The summed E-state index contributed by atoms with van der Waals surface area (Å²) in [5.74, 6) is -0.0680. The minimum Gasteiger partial charge on any atom is -0.349 e. The number of rotatable bonds is 7. The lowest BCUT2D eigenvalue weighted by atomic mass is 9.86. The molecule has 1 aliphatic carbocycles. The van der Waals surface area contributed by atoms with Crippen LogP contribution in [0.3, 0.4) is 0 Å². The molecule has 1 aliphatic heterocycles. The number of carbonyl (C=O) groups excluding carboxylic acids is 1. The van der Waals surface area contributed by atoms with Gasteiger partial charge in [-0.2, -0.15) is 4.31 Å². The number of nitrogens with one attached hydrogen (secondary N) is 2. The average Bonchev–Trinajstić information content (AvgIpc) is 2.87. The molecule has 4 rings (SSSR count). The Hall–Kier alpha value is -2.22. The maximum absolute atomic E-state index is 13.6. The number of piperidine rings is 1. The van der Waals surface area contributed by atoms with E-state index in [0.29, 0.717) is 17.9 Å². The van der Waals surface area contributed by atoms with Gasteiger partial charge in [-0.1, -0.05) is 57.5 Å². The fraction of sp³-hybridized carbons (Fsp3) is 0.594. The van der Waals surface area contributed by atoms with Gasteiger partial charge in [-0.15, -0.1) is 0 Å². The van der Waals surface area contributed by atoms with Crippen LogP contribution in [-0.2, 0) is 33.2 Å². The first-order valence-corrected chi connectivity index (χ1v) is 16.0. The van der Waals surface area contributed by atoms with Crippen LogP contribution in [0, 0.1) is 0 Å². The molecule has 0 spiro atoms. The predicted molar refractivity (Wildman–Crippen MR) is 158 cm³/mol. The van der Waals surface area contributed by atoms with Gasteiger partial charge >= 0.3 is 0 Å².